The van der Waals surface area contributed by atoms with Crippen molar-refractivity contribution in [1.29, 1.82) is 0 Å². The standard InChI is InChI=1S/C5H5.ClH.Mo/c1-2-4-5-3-1;;/h1-5H;1H;/q;;+1/p-1. The second-order valence-electron chi connectivity index (χ2n) is 1.32. The molecule has 0 aromatic carbocycles. The van der Waals surface area contributed by atoms with Crippen LogP contribution in [-0.4, -0.2) is 0 Å². The molecule has 0 aromatic rings. The first-order chi connectivity index (χ1) is 3.43. The van der Waals surface area contributed by atoms with Gasteiger partial charge in [0.2, 0.25) is 0 Å². The molecule has 1 rings (SSSR count). The normalized spacial score (nSPS) is 19.0. The molecule has 38 valence electrons. The number of hydrogen-bond donors (Lipinski definition) is 0. The van der Waals surface area contributed by atoms with E-state index in [1.165, 1.54) is 0 Å². The van der Waals surface area contributed by atoms with Gasteiger partial charge in [0.05, 0.1) is 0 Å². The second-order valence-corrected chi connectivity index (χ2v) is 4.15. The summed E-state index contributed by atoms with van der Waals surface area (Å²) in [5.74, 6) is 0. The van der Waals surface area contributed by atoms with Crippen LogP contribution in [0.3, 0.4) is 0 Å². The fraction of sp³-hybridized carbons (Fsp3) is 0.200. The Morgan fingerprint density at radius 2 is 1.86 bits per heavy atom. The van der Waals surface area contributed by atoms with Crippen LogP contribution in [0.1, 0.15) is 0 Å². The average molecular weight is 196 g/mol. The summed E-state index contributed by atoms with van der Waals surface area (Å²) in [7, 11) is 5.64. The van der Waals surface area contributed by atoms with Crippen molar-refractivity contribution in [2.24, 2.45) is 0 Å². The Balaban J connectivity index is 2.44. The molecule has 0 amide bonds. The fourth-order valence-corrected chi connectivity index (χ4v) is 1.91. The van der Waals surface area contributed by atoms with Crippen LogP contribution in [0.25, 0.3) is 0 Å². The summed E-state index contributed by atoms with van der Waals surface area (Å²) in [5, 5.41) is 0. The van der Waals surface area contributed by atoms with Crippen LogP contribution in [0.5, 0.6) is 0 Å². The maximum absolute atomic E-state index is 5.64. The third-order valence-electron chi connectivity index (χ3n) is 0.816. The van der Waals surface area contributed by atoms with Gasteiger partial charge in [-0.2, -0.15) is 0 Å². The molecule has 0 bridgehead atoms. The molecule has 0 radical (unpaired) electrons. The summed E-state index contributed by atoms with van der Waals surface area (Å²) in [5.41, 5.74) is 0. The molecule has 0 heterocycles. The number of allylic oxidation sites excluding steroid dienone is 4. The van der Waals surface area contributed by atoms with Gasteiger partial charge in [0.25, 0.3) is 0 Å². The molecule has 0 fully saturated rings. The summed E-state index contributed by atoms with van der Waals surface area (Å²) >= 11 is -0.245. The summed E-state index contributed by atoms with van der Waals surface area (Å²) in [4.78, 5) is 0. The van der Waals surface area contributed by atoms with Crippen LogP contribution < -0.4 is 0 Å². The Morgan fingerprint density at radius 1 is 1.29 bits per heavy atom. The summed E-state index contributed by atoms with van der Waals surface area (Å²) in [6, 6.07) is 0. The minimum absolute atomic E-state index is 0.245. The number of rotatable bonds is 1. The van der Waals surface area contributed by atoms with Gasteiger partial charge in [0.15, 0.2) is 0 Å². The van der Waals surface area contributed by atoms with E-state index in [4.69, 9.17) is 9.42 Å². The SMILES string of the molecule is [Cl][Mo][CH]1C=CC=C1. The van der Waals surface area contributed by atoms with E-state index in [2.05, 4.69) is 24.3 Å². The Hall–Kier alpha value is 0.458. The molecule has 0 saturated heterocycles. The van der Waals surface area contributed by atoms with Crippen molar-refractivity contribution in [3.05, 3.63) is 24.3 Å². The van der Waals surface area contributed by atoms with Gasteiger partial charge in [0, 0.05) is 0 Å². The van der Waals surface area contributed by atoms with Gasteiger partial charge < -0.3 is 0 Å². The van der Waals surface area contributed by atoms with E-state index in [0.717, 1.165) is 0 Å². The maximum atomic E-state index is 5.64. The molecule has 0 aliphatic heterocycles. The van der Waals surface area contributed by atoms with Gasteiger partial charge in [0.1, 0.15) is 0 Å². The molecule has 2 heteroatoms. The van der Waals surface area contributed by atoms with E-state index in [1.54, 1.807) is 0 Å². The van der Waals surface area contributed by atoms with Crippen molar-refractivity contribution in [3.8, 4) is 0 Å². The Labute approximate surface area is 55.7 Å². The molecule has 0 N–H and O–H groups in total. The molecule has 1 aliphatic carbocycles. The van der Waals surface area contributed by atoms with Crippen molar-refractivity contribution in [1.82, 2.24) is 0 Å². The summed E-state index contributed by atoms with van der Waals surface area (Å²) in [6.45, 7) is 0. The van der Waals surface area contributed by atoms with Gasteiger partial charge in [-0.05, 0) is 0 Å². The predicted molar refractivity (Wildman–Crippen MR) is 27.9 cm³/mol. The van der Waals surface area contributed by atoms with E-state index in [9.17, 15) is 0 Å². The molecule has 0 saturated carbocycles. The van der Waals surface area contributed by atoms with E-state index in [0.29, 0.717) is 4.31 Å². The first kappa shape index (κ1) is 5.59. The van der Waals surface area contributed by atoms with Crippen molar-refractivity contribution in [2.45, 2.75) is 4.31 Å². The first-order valence-electron chi connectivity index (χ1n) is 2.06. The molecule has 0 aromatic heterocycles. The molecular weight excluding hydrogens is 191 g/mol. The van der Waals surface area contributed by atoms with Gasteiger partial charge >= 0.3 is 55.6 Å². The summed E-state index contributed by atoms with van der Waals surface area (Å²) < 4.78 is 0.632. The topological polar surface area (TPSA) is 0 Å². The van der Waals surface area contributed by atoms with E-state index in [-0.39, 0.29) is 17.5 Å². The second kappa shape index (κ2) is 2.69. The Bertz CT molecular complexity index is 94.6. The average Bonchev–Trinajstić information content (AvgIpc) is 2.14. The molecule has 0 nitrogen and oxygen atoms in total. The number of halogens is 1. The van der Waals surface area contributed by atoms with Crippen LogP contribution in [0.4, 0.5) is 0 Å². The third kappa shape index (κ3) is 1.43. The summed E-state index contributed by atoms with van der Waals surface area (Å²) in [6.07, 6.45) is 8.40. The van der Waals surface area contributed by atoms with Crippen molar-refractivity contribution >= 4 is 9.42 Å². The molecular formula is C5H5ClMo. The molecule has 0 atom stereocenters. The fourth-order valence-electron chi connectivity index (χ4n) is 0.471. The monoisotopic (exact) mass is 198 g/mol. The van der Waals surface area contributed by atoms with Crippen molar-refractivity contribution < 1.29 is 17.5 Å². The van der Waals surface area contributed by atoms with E-state index >= 15 is 0 Å². The molecule has 1 aliphatic rings. The van der Waals surface area contributed by atoms with Gasteiger partial charge in [-0.1, -0.05) is 0 Å². The van der Waals surface area contributed by atoms with E-state index < -0.39 is 0 Å². The van der Waals surface area contributed by atoms with Crippen LogP contribution >= 0.6 is 9.42 Å². The third-order valence-corrected chi connectivity index (χ3v) is 3.31. The van der Waals surface area contributed by atoms with Crippen molar-refractivity contribution in [3.63, 3.8) is 0 Å². The molecule has 0 unspecified atom stereocenters. The van der Waals surface area contributed by atoms with Crippen LogP contribution in [0.2, 0.25) is 4.31 Å². The zero-order valence-electron chi connectivity index (χ0n) is 3.67. The zero-order valence-corrected chi connectivity index (χ0v) is 6.44. The Morgan fingerprint density at radius 3 is 2.14 bits per heavy atom. The van der Waals surface area contributed by atoms with Crippen LogP contribution in [0.15, 0.2) is 24.3 Å². The molecule has 7 heavy (non-hydrogen) atoms. The first-order valence-corrected chi connectivity index (χ1v) is 5.80. The van der Waals surface area contributed by atoms with E-state index in [1.807, 2.05) is 0 Å². The predicted octanol–water partition coefficient (Wildman–Crippen LogP) is 2.14. The zero-order chi connectivity index (χ0) is 5.11. The van der Waals surface area contributed by atoms with Crippen LogP contribution in [-0.2, 0) is 17.5 Å². The van der Waals surface area contributed by atoms with Crippen LogP contribution in [0, 0.1) is 0 Å². The van der Waals surface area contributed by atoms with Gasteiger partial charge in [-0.3, -0.25) is 0 Å². The Kier molecular flexibility index (Phi) is 2.15. The van der Waals surface area contributed by atoms with Crippen molar-refractivity contribution in [2.75, 3.05) is 0 Å². The van der Waals surface area contributed by atoms with Gasteiger partial charge in [-0.15, -0.1) is 0 Å². The minimum atomic E-state index is -0.245. The quantitative estimate of drug-likeness (QED) is 0.564. The molecule has 0 spiro atoms. The number of hydrogen-bond acceptors (Lipinski definition) is 0. The van der Waals surface area contributed by atoms with Gasteiger partial charge in [-0.25, -0.2) is 0 Å².